The number of nitrogens with one attached hydrogen (secondary N) is 1. The van der Waals surface area contributed by atoms with E-state index in [1.54, 1.807) is 19.5 Å². The number of likely N-dealkylation sites (tertiary alicyclic amines) is 1. The van der Waals surface area contributed by atoms with Gasteiger partial charge in [0.25, 0.3) is 5.56 Å². The highest BCUT2D eigenvalue weighted by Gasteiger charge is 2.35. The number of rotatable bonds is 4. The molecule has 1 N–H and O–H groups in total. The summed E-state index contributed by atoms with van der Waals surface area (Å²) in [5.74, 6) is 0.969. The Bertz CT molecular complexity index is 883. The molecular weight excluding hydrogens is 356 g/mol. The van der Waals surface area contributed by atoms with Crippen LogP contribution in [0.2, 0.25) is 0 Å². The minimum atomic E-state index is -0.177. The molecule has 7 heteroatoms. The normalized spacial score (nSPS) is 25.0. The van der Waals surface area contributed by atoms with E-state index in [2.05, 4.69) is 15.0 Å². The molecule has 0 bridgehead atoms. The van der Waals surface area contributed by atoms with Crippen LogP contribution in [0.25, 0.3) is 11.3 Å². The van der Waals surface area contributed by atoms with Gasteiger partial charge in [-0.1, -0.05) is 6.42 Å². The number of carbonyl (C=O) groups excluding carboxylic acids is 1. The average Bonchev–Trinajstić information content (AvgIpc) is 3.24. The lowest BCUT2D eigenvalue weighted by Gasteiger charge is -2.30. The van der Waals surface area contributed by atoms with E-state index in [-0.39, 0.29) is 29.4 Å². The molecule has 28 heavy (non-hydrogen) atoms. The third kappa shape index (κ3) is 3.99. The van der Waals surface area contributed by atoms with Crippen LogP contribution in [-0.2, 0) is 9.53 Å². The first-order valence-corrected chi connectivity index (χ1v) is 9.97. The maximum Gasteiger partial charge on any atom is 0.251 e. The minimum Gasteiger partial charge on any atom is -0.381 e. The molecule has 1 saturated heterocycles. The number of carbonyl (C=O) groups is 1. The molecule has 148 valence electrons. The Hall–Kier alpha value is -2.54. The molecule has 0 spiro atoms. The first-order chi connectivity index (χ1) is 13.6. The van der Waals surface area contributed by atoms with Crippen molar-refractivity contribution in [2.24, 2.45) is 5.92 Å². The van der Waals surface area contributed by atoms with E-state index >= 15 is 0 Å². The smallest absolute Gasteiger partial charge is 0.251 e. The minimum absolute atomic E-state index is 0.0474. The van der Waals surface area contributed by atoms with E-state index in [4.69, 9.17) is 4.74 Å². The largest absolute Gasteiger partial charge is 0.381 e. The molecule has 1 aliphatic heterocycles. The highest BCUT2D eigenvalue weighted by atomic mass is 16.5. The number of aromatic nitrogens is 3. The van der Waals surface area contributed by atoms with Crippen LogP contribution >= 0.6 is 0 Å². The summed E-state index contributed by atoms with van der Waals surface area (Å²) in [7, 11) is 1.72. The highest BCUT2D eigenvalue weighted by molar-refractivity contribution is 5.79. The van der Waals surface area contributed by atoms with Gasteiger partial charge in [0.05, 0.1) is 11.8 Å². The lowest BCUT2D eigenvalue weighted by atomic mass is 9.86. The molecule has 1 amide bonds. The van der Waals surface area contributed by atoms with Gasteiger partial charge in [0.2, 0.25) is 5.91 Å². The van der Waals surface area contributed by atoms with E-state index in [1.807, 2.05) is 17.0 Å². The Kier molecular flexibility index (Phi) is 5.52. The fraction of sp³-hybridized carbons (Fsp3) is 0.524. The molecule has 0 radical (unpaired) electrons. The third-order valence-corrected chi connectivity index (χ3v) is 5.91. The Morgan fingerprint density at radius 1 is 1.32 bits per heavy atom. The molecule has 7 nitrogen and oxygen atoms in total. The molecule has 3 heterocycles. The average molecular weight is 382 g/mol. The van der Waals surface area contributed by atoms with Crippen LogP contribution in [0, 0.1) is 5.92 Å². The van der Waals surface area contributed by atoms with Crippen LogP contribution in [0.3, 0.4) is 0 Å². The van der Waals surface area contributed by atoms with Crippen molar-refractivity contribution in [2.75, 3.05) is 20.2 Å². The Labute approximate surface area is 164 Å². The number of ether oxygens (including phenoxy) is 1. The van der Waals surface area contributed by atoms with Gasteiger partial charge < -0.3 is 14.6 Å². The molecule has 0 unspecified atom stereocenters. The number of nitrogens with zero attached hydrogens (tertiary/aromatic N) is 3. The number of aromatic amines is 1. The Morgan fingerprint density at radius 3 is 3.00 bits per heavy atom. The highest BCUT2D eigenvalue weighted by Crippen LogP contribution is 2.31. The number of hydrogen-bond donors (Lipinski definition) is 1. The molecule has 2 aliphatic rings. The van der Waals surface area contributed by atoms with Crippen LogP contribution in [0.1, 0.15) is 43.8 Å². The lowest BCUT2D eigenvalue weighted by Crippen LogP contribution is -2.38. The van der Waals surface area contributed by atoms with Crippen molar-refractivity contribution in [3.63, 3.8) is 0 Å². The summed E-state index contributed by atoms with van der Waals surface area (Å²) in [6.45, 7) is 1.31. The summed E-state index contributed by atoms with van der Waals surface area (Å²) < 4.78 is 5.47. The second kappa shape index (κ2) is 8.22. The summed E-state index contributed by atoms with van der Waals surface area (Å²) in [6, 6.07) is 5.20. The molecule has 2 aromatic rings. The zero-order valence-corrected chi connectivity index (χ0v) is 16.1. The van der Waals surface area contributed by atoms with Gasteiger partial charge in [-0.3, -0.25) is 14.6 Å². The van der Waals surface area contributed by atoms with E-state index in [0.717, 1.165) is 37.7 Å². The van der Waals surface area contributed by atoms with Gasteiger partial charge in [-0.05, 0) is 37.8 Å². The van der Waals surface area contributed by atoms with Crippen LogP contribution in [-0.4, -0.2) is 52.1 Å². The van der Waals surface area contributed by atoms with Crippen molar-refractivity contribution < 1.29 is 9.53 Å². The fourth-order valence-electron chi connectivity index (χ4n) is 4.36. The Morgan fingerprint density at radius 2 is 2.21 bits per heavy atom. The SMILES string of the molecule is CO[C@@H]1CCC[C@H](C(=O)N2CC[C@@H](c3nc(-c4cccnc4)cc(=O)[nH]3)C2)C1. The van der Waals surface area contributed by atoms with Gasteiger partial charge in [-0.25, -0.2) is 4.98 Å². The van der Waals surface area contributed by atoms with Crippen LogP contribution in [0.4, 0.5) is 0 Å². The van der Waals surface area contributed by atoms with Crippen LogP contribution < -0.4 is 5.56 Å². The summed E-state index contributed by atoms with van der Waals surface area (Å²) in [5, 5.41) is 0. The first-order valence-electron chi connectivity index (χ1n) is 9.97. The van der Waals surface area contributed by atoms with E-state index in [9.17, 15) is 9.59 Å². The van der Waals surface area contributed by atoms with Crippen molar-refractivity contribution in [3.8, 4) is 11.3 Å². The van der Waals surface area contributed by atoms with Gasteiger partial charge in [0, 0.05) is 56.1 Å². The van der Waals surface area contributed by atoms with Crippen molar-refractivity contribution >= 4 is 5.91 Å². The monoisotopic (exact) mass is 382 g/mol. The summed E-state index contributed by atoms with van der Waals surface area (Å²) in [6.07, 6.45) is 8.21. The second-order valence-corrected chi connectivity index (χ2v) is 7.75. The lowest BCUT2D eigenvalue weighted by molar-refractivity contribution is -0.137. The van der Waals surface area contributed by atoms with Gasteiger partial charge >= 0.3 is 0 Å². The van der Waals surface area contributed by atoms with Gasteiger partial charge in [0.15, 0.2) is 0 Å². The number of H-pyrrole nitrogens is 1. The van der Waals surface area contributed by atoms with E-state index in [0.29, 0.717) is 24.6 Å². The first kappa shape index (κ1) is 18.8. The standard InChI is InChI=1S/C21H26N4O3/c1-28-17-6-2-4-14(10-17)21(27)25-9-7-16(13-25)20-23-18(11-19(26)24-20)15-5-3-8-22-12-15/h3,5,8,11-12,14,16-17H,2,4,6-7,9-10,13H2,1H3,(H,23,24,26)/t14-,16+,17+/m0/s1. The number of pyridine rings is 1. The predicted molar refractivity (Wildman–Crippen MR) is 105 cm³/mol. The van der Waals surface area contributed by atoms with Crippen molar-refractivity contribution in [1.29, 1.82) is 0 Å². The summed E-state index contributed by atoms with van der Waals surface area (Å²) in [4.78, 5) is 38.7. The fourth-order valence-corrected chi connectivity index (χ4v) is 4.36. The molecule has 4 rings (SSSR count). The molecule has 1 saturated carbocycles. The van der Waals surface area contributed by atoms with E-state index in [1.165, 1.54) is 6.07 Å². The second-order valence-electron chi connectivity index (χ2n) is 7.75. The number of methoxy groups -OCH3 is 1. The molecule has 0 aromatic carbocycles. The van der Waals surface area contributed by atoms with Crippen LogP contribution in [0.5, 0.6) is 0 Å². The summed E-state index contributed by atoms with van der Waals surface area (Å²) in [5.41, 5.74) is 1.25. The topological polar surface area (TPSA) is 88.2 Å². The zero-order valence-electron chi connectivity index (χ0n) is 16.1. The molecule has 3 atom stereocenters. The maximum atomic E-state index is 13.0. The number of hydrogen-bond acceptors (Lipinski definition) is 5. The third-order valence-electron chi connectivity index (χ3n) is 5.91. The van der Waals surface area contributed by atoms with Crippen LogP contribution in [0.15, 0.2) is 35.4 Å². The van der Waals surface area contributed by atoms with Gasteiger partial charge in [-0.15, -0.1) is 0 Å². The zero-order chi connectivity index (χ0) is 19.5. The van der Waals surface area contributed by atoms with Gasteiger partial charge in [0.1, 0.15) is 5.82 Å². The number of amides is 1. The molecule has 2 aromatic heterocycles. The van der Waals surface area contributed by atoms with Gasteiger partial charge in [-0.2, -0.15) is 0 Å². The quantitative estimate of drug-likeness (QED) is 0.877. The van der Waals surface area contributed by atoms with Crippen molar-refractivity contribution in [1.82, 2.24) is 19.9 Å². The Balaban J connectivity index is 1.48. The van der Waals surface area contributed by atoms with Crippen molar-refractivity contribution in [2.45, 2.75) is 44.1 Å². The predicted octanol–water partition coefficient (Wildman–Crippen LogP) is 2.35. The van der Waals surface area contributed by atoms with E-state index < -0.39 is 0 Å². The molecule has 1 aliphatic carbocycles. The molecular formula is C21H26N4O3. The maximum absolute atomic E-state index is 13.0. The van der Waals surface area contributed by atoms with Crippen molar-refractivity contribution in [3.05, 3.63) is 46.8 Å². The summed E-state index contributed by atoms with van der Waals surface area (Å²) >= 11 is 0. The molecule has 2 fully saturated rings.